The Labute approximate surface area is 194 Å². The van der Waals surface area contributed by atoms with Crippen LogP contribution in [-0.4, -0.2) is 67.9 Å². The molecule has 34 heavy (non-hydrogen) atoms. The van der Waals surface area contributed by atoms with E-state index in [2.05, 4.69) is 15.0 Å². The zero-order valence-corrected chi connectivity index (χ0v) is 19.0. The molecular weight excluding hydrogens is 467 g/mol. The van der Waals surface area contributed by atoms with Gasteiger partial charge in [0.15, 0.2) is 12.3 Å². The summed E-state index contributed by atoms with van der Waals surface area (Å²) in [7, 11) is -2.29. The number of carbonyl (C=O) groups is 2. The highest BCUT2D eigenvalue weighted by Gasteiger charge is 2.49. The number of urea groups is 1. The fraction of sp³-hybridized carbons (Fsp3) is 0.381. The van der Waals surface area contributed by atoms with E-state index >= 15 is 0 Å². The molecule has 1 fully saturated rings. The SMILES string of the molecule is Cn1cc(CN2C(=O)C3=CC(S(=O)(=O)NC4(CF)CC4)C=CC3=[N+](Cc3ccno3)C2=O)cn1. The molecule has 1 unspecified atom stereocenters. The van der Waals surface area contributed by atoms with Gasteiger partial charge in [0.1, 0.15) is 29.8 Å². The third kappa shape index (κ3) is 4.01. The number of fused-ring (bicyclic) bond motifs is 1. The van der Waals surface area contributed by atoms with Crippen LogP contribution in [0.3, 0.4) is 0 Å². The van der Waals surface area contributed by atoms with Crippen molar-refractivity contribution in [1.29, 1.82) is 0 Å². The standard InChI is InChI=1S/C21H22FN6O5S/c1-26-10-14(9-23-26)11-28-19(29)17-8-16(34(31,32)25-21(13-22)5-6-21)2-3-18(17)27(20(28)30)12-15-4-7-24-33-15/h2-4,7-10,16,25H,5-6,11-13H2,1H3/q+1. The first-order valence-corrected chi connectivity index (χ1v) is 12.1. The molecule has 0 spiro atoms. The van der Waals surface area contributed by atoms with E-state index in [1.54, 1.807) is 30.2 Å². The number of allylic oxidation sites excluding steroid dienone is 1. The fourth-order valence-corrected chi connectivity index (χ4v) is 5.56. The predicted octanol–water partition coefficient (Wildman–Crippen LogP) is 0.810. The molecule has 5 rings (SSSR count). The number of hydrogen-bond acceptors (Lipinski definition) is 7. The summed E-state index contributed by atoms with van der Waals surface area (Å²) in [6.45, 7) is -0.853. The highest BCUT2D eigenvalue weighted by molar-refractivity contribution is 7.90. The van der Waals surface area contributed by atoms with Crippen LogP contribution in [-0.2, 0) is 35.0 Å². The van der Waals surface area contributed by atoms with Crippen LogP contribution < -0.4 is 4.72 Å². The normalized spacial score (nSPS) is 21.6. The second kappa shape index (κ2) is 8.09. The number of hydrogen-bond donors (Lipinski definition) is 1. The maximum Gasteiger partial charge on any atom is 0.502 e. The molecule has 13 heteroatoms. The Balaban J connectivity index is 1.53. The molecule has 3 amide bonds. The van der Waals surface area contributed by atoms with Crippen LogP contribution in [0, 0.1) is 0 Å². The Morgan fingerprint density at radius 1 is 1.35 bits per heavy atom. The summed E-state index contributed by atoms with van der Waals surface area (Å²) in [5.74, 6) is -0.242. The number of alkyl halides is 1. The molecule has 2 aromatic rings. The lowest BCUT2D eigenvalue weighted by molar-refractivity contribution is -0.456. The van der Waals surface area contributed by atoms with E-state index in [0.29, 0.717) is 24.2 Å². The van der Waals surface area contributed by atoms with Crippen LogP contribution in [0.1, 0.15) is 24.2 Å². The molecule has 11 nitrogen and oxygen atoms in total. The molecule has 0 saturated heterocycles. The zero-order valence-electron chi connectivity index (χ0n) is 18.2. The van der Waals surface area contributed by atoms with E-state index in [1.165, 1.54) is 29.0 Å². The molecule has 3 aliphatic rings. The average molecular weight is 490 g/mol. The lowest BCUT2D eigenvalue weighted by Gasteiger charge is -2.26. The Morgan fingerprint density at radius 3 is 2.76 bits per heavy atom. The van der Waals surface area contributed by atoms with Crippen molar-refractivity contribution in [3.63, 3.8) is 0 Å². The fourth-order valence-electron chi connectivity index (χ4n) is 3.96. The van der Waals surface area contributed by atoms with Crippen molar-refractivity contribution < 1.29 is 31.5 Å². The highest BCUT2D eigenvalue weighted by atomic mass is 32.2. The van der Waals surface area contributed by atoms with E-state index < -0.39 is 39.4 Å². The minimum absolute atomic E-state index is 0.00665. The number of nitrogens with one attached hydrogen (secondary N) is 1. The van der Waals surface area contributed by atoms with Crippen molar-refractivity contribution in [1.82, 2.24) is 24.6 Å². The summed E-state index contributed by atoms with van der Waals surface area (Å²) < 4.78 is 49.6. The molecule has 1 saturated carbocycles. The number of aromatic nitrogens is 3. The molecular formula is C21H22FN6O5S+. The van der Waals surface area contributed by atoms with Gasteiger partial charge in [-0.1, -0.05) is 11.2 Å². The molecule has 0 aromatic carbocycles. The van der Waals surface area contributed by atoms with Crippen molar-refractivity contribution in [2.75, 3.05) is 6.67 Å². The van der Waals surface area contributed by atoms with Gasteiger partial charge >= 0.3 is 11.9 Å². The van der Waals surface area contributed by atoms with Gasteiger partial charge in [-0.25, -0.2) is 22.3 Å². The average Bonchev–Trinajstić information content (AvgIpc) is 3.17. The number of rotatable bonds is 8. The first kappa shape index (κ1) is 22.3. The molecule has 1 atom stereocenters. The molecule has 3 heterocycles. The molecule has 0 bridgehead atoms. The number of nitrogens with zero attached hydrogens (tertiary/aromatic N) is 5. The second-order valence-corrected chi connectivity index (χ2v) is 10.4. The molecule has 1 N–H and O–H groups in total. The van der Waals surface area contributed by atoms with Gasteiger partial charge < -0.3 is 4.52 Å². The van der Waals surface area contributed by atoms with Crippen molar-refractivity contribution in [2.24, 2.45) is 7.05 Å². The van der Waals surface area contributed by atoms with Gasteiger partial charge in [-0.2, -0.15) is 19.4 Å². The largest absolute Gasteiger partial charge is 0.502 e. The summed E-state index contributed by atoms with van der Waals surface area (Å²) in [4.78, 5) is 27.7. The predicted molar refractivity (Wildman–Crippen MR) is 116 cm³/mol. The number of aryl methyl sites for hydroxylation is 1. The zero-order chi connectivity index (χ0) is 24.1. The summed E-state index contributed by atoms with van der Waals surface area (Å²) in [6, 6.07) is 1.00. The van der Waals surface area contributed by atoms with Gasteiger partial charge in [0, 0.05) is 24.9 Å². The van der Waals surface area contributed by atoms with Crippen molar-refractivity contribution >= 4 is 27.7 Å². The number of sulfonamides is 1. The molecule has 178 valence electrons. The number of amides is 3. The minimum atomic E-state index is -4.00. The summed E-state index contributed by atoms with van der Waals surface area (Å²) in [6.07, 6.45) is 9.60. The van der Waals surface area contributed by atoms with Crippen LogP contribution in [0.25, 0.3) is 0 Å². The van der Waals surface area contributed by atoms with Crippen molar-refractivity contribution in [3.8, 4) is 0 Å². The van der Waals surface area contributed by atoms with Crippen molar-refractivity contribution in [2.45, 2.75) is 36.7 Å². The first-order valence-electron chi connectivity index (χ1n) is 10.6. The van der Waals surface area contributed by atoms with E-state index in [0.717, 1.165) is 4.90 Å². The third-order valence-electron chi connectivity index (χ3n) is 6.01. The molecule has 1 aliphatic heterocycles. The number of carbonyl (C=O) groups excluding carboxylic acids is 2. The number of imide groups is 1. The Morgan fingerprint density at radius 2 is 2.15 bits per heavy atom. The molecule has 2 aliphatic carbocycles. The Kier molecular flexibility index (Phi) is 5.32. The maximum atomic E-state index is 13.4. The van der Waals surface area contributed by atoms with E-state index in [4.69, 9.17) is 4.52 Å². The van der Waals surface area contributed by atoms with E-state index in [9.17, 15) is 22.4 Å². The third-order valence-corrected chi connectivity index (χ3v) is 7.74. The highest BCUT2D eigenvalue weighted by Crippen LogP contribution is 2.37. The first-order chi connectivity index (χ1) is 16.2. The number of halogens is 1. The van der Waals surface area contributed by atoms with Gasteiger partial charge in [0.05, 0.1) is 17.9 Å². The van der Waals surface area contributed by atoms with Crippen LogP contribution >= 0.6 is 0 Å². The minimum Gasteiger partial charge on any atom is -0.357 e. The lowest BCUT2D eigenvalue weighted by Crippen LogP contribution is -2.51. The molecule has 0 radical (unpaired) electrons. The van der Waals surface area contributed by atoms with Crippen LogP contribution in [0.5, 0.6) is 0 Å². The second-order valence-electron chi connectivity index (χ2n) is 8.61. The van der Waals surface area contributed by atoms with Gasteiger partial charge in [-0.05, 0) is 25.0 Å². The topological polar surface area (TPSA) is 130 Å². The van der Waals surface area contributed by atoms with Gasteiger partial charge in [-0.3, -0.25) is 4.68 Å². The van der Waals surface area contributed by atoms with Gasteiger partial charge in [-0.15, -0.1) is 0 Å². The molecule has 2 aromatic heterocycles. The lowest BCUT2D eigenvalue weighted by atomic mass is 9.99. The summed E-state index contributed by atoms with van der Waals surface area (Å²) in [5.41, 5.74) is -0.117. The monoisotopic (exact) mass is 489 g/mol. The van der Waals surface area contributed by atoms with Gasteiger partial charge in [0.25, 0.3) is 0 Å². The van der Waals surface area contributed by atoms with Gasteiger partial charge in [0.2, 0.25) is 10.0 Å². The summed E-state index contributed by atoms with van der Waals surface area (Å²) >= 11 is 0. The Bertz CT molecular complexity index is 1350. The Hall–Kier alpha value is -3.45. The smallest absolute Gasteiger partial charge is 0.357 e. The maximum absolute atomic E-state index is 13.4. The van der Waals surface area contributed by atoms with Crippen molar-refractivity contribution in [3.05, 3.63) is 59.8 Å². The van der Waals surface area contributed by atoms with Crippen LogP contribution in [0.2, 0.25) is 0 Å². The quantitative estimate of drug-likeness (QED) is 0.543. The summed E-state index contributed by atoms with van der Waals surface area (Å²) in [5, 5.41) is 6.52. The van der Waals surface area contributed by atoms with Crippen LogP contribution in [0.15, 0.2) is 53.0 Å². The van der Waals surface area contributed by atoms with Crippen LogP contribution in [0.4, 0.5) is 9.18 Å². The van der Waals surface area contributed by atoms with E-state index in [-0.39, 0.29) is 24.4 Å². The van der Waals surface area contributed by atoms with E-state index in [1.807, 2.05) is 0 Å².